The summed E-state index contributed by atoms with van der Waals surface area (Å²) in [6.45, 7) is 22.1. The molecule has 1 aromatic rings. The first-order chi connectivity index (χ1) is 20.5. The van der Waals surface area contributed by atoms with E-state index in [1.54, 1.807) is 0 Å². The number of rotatable bonds is 19. The number of hydrogen-bond donors (Lipinski definition) is 6. The van der Waals surface area contributed by atoms with Crippen LogP contribution in [0.5, 0.6) is 0 Å². The molecule has 0 aliphatic heterocycles. The summed E-state index contributed by atoms with van der Waals surface area (Å²) in [5.41, 5.74) is 14.6. The molecule has 2 amide bonds. The highest BCUT2D eigenvalue weighted by molar-refractivity contribution is 8.12. The van der Waals surface area contributed by atoms with Crippen molar-refractivity contribution < 1.29 is 28.6 Å². The van der Waals surface area contributed by atoms with E-state index in [0.717, 1.165) is 11.9 Å². The topological polar surface area (TPSA) is 193 Å². The van der Waals surface area contributed by atoms with Crippen molar-refractivity contribution in [2.45, 2.75) is 110 Å². The molecule has 0 heterocycles. The molecule has 12 nitrogen and oxygen atoms in total. The zero-order chi connectivity index (χ0) is 34.9. The lowest BCUT2D eigenvalue weighted by Gasteiger charge is -2.32. The number of nitrogens with one attached hydrogen (secondary N) is 3. The lowest BCUT2D eigenvalue weighted by molar-refractivity contribution is -0.0350. The molecule has 258 valence electrons. The highest BCUT2D eigenvalue weighted by Crippen LogP contribution is 2.20. The van der Waals surface area contributed by atoms with E-state index in [1.165, 1.54) is 18.2 Å². The Morgan fingerprint density at radius 3 is 1.40 bits per heavy atom. The molecular weight excluding hydrogens is 596 g/mol. The van der Waals surface area contributed by atoms with Crippen LogP contribution in [0.15, 0.2) is 18.2 Å². The average molecular weight is 655 g/mol. The first-order valence-corrected chi connectivity index (χ1v) is 16.1. The SMILES string of the molecule is CC(COC(C)(C)CN)NSC(=O)c1cc(C(=O)NC(C)(C)COC(C)(C)CN)cc(C(=O)NC(C)(C)COC(C)(C)CN)c1. The average Bonchev–Trinajstić information content (AvgIpc) is 2.96. The van der Waals surface area contributed by atoms with Gasteiger partial charge < -0.3 is 42.0 Å². The van der Waals surface area contributed by atoms with Gasteiger partial charge in [-0.1, -0.05) is 0 Å². The summed E-state index contributed by atoms with van der Waals surface area (Å²) in [5, 5.41) is 5.53. The van der Waals surface area contributed by atoms with Crippen molar-refractivity contribution in [1.29, 1.82) is 0 Å². The van der Waals surface area contributed by atoms with Gasteiger partial charge in [0.25, 0.3) is 11.8 Å². The Kier molecular flexibility index (Phi) is 15.1. The van der Waals surface area contributed by atoms with E-state index in [0.29, 0.717) is 26.2 Å². The van der Waals surface area contributed by atoms with Gasteiger partial charge in [-0.25, -0.2) is 0 Å². The van der Waals surface area contributed by atoms with E-state index < -0.39 is 39.7 Å². The lowest BCUT2D eigenvalue weighted by Crippen LogP contribution is -2.50. The normalized spacial score (nSPS) is 13.8. The van der Waals surface area contributed by atoms with E-state index in [-0.39, 0.29) is 41.1 Å². The van der Waals surface area contributed by atoms with Crippen LogP contribution < -0.4 is 32.6 Å². The van der Waals surface area contributed by atoms with Crippen LogP contribution in [0.3, 0.4) is 0 Å². The minimum absolute atomic E-state index is 0.150. The Bertz CT molecular complexity index is 1090. The summed E-state index contributed by atoms with van der Waals surface area (Å²) >= 11 is 0.862. The van der Waals surface area contributed by atoms with Gasteiger partial charge in [-0.2, -0.15) is 0 Å². The molecule has 0 fully saturated rings. The number of carbonyl (C=O) groups is 3. The number of hydrogen-bond acceptors (Lipinski definition) is 11. The molecule has 1 rings (SSSR count). The van der Waals surface area contributed by atoms with Crippen LogP contribution in [0, 0.1) is 0 Å². The Balaban J connectivity index is 3.26. The van der Waals surface area contributed by atoms with Gasteiger partial charge in [0.2, 0.25) is 5.12 Å². The molecular formula is C32H58N6O6S. The van der Waals surface area contributed by atoms with Gasteiger partial charge in [0, 0.05) is 42.4 Å². The second-order valence-electron chi connectivity index (χ2n) is 14.7. The standard InChI is InChI=1S/C32H58N6O6S/c1-21(15-42-30(6,7)16-33)38-45-27(41)24-13-22(25(39)36-28(2,3)19-43-31(8,9)17-34)12-23(14-24)26(40)37-29(4,5)20-44-32(10,11)18-35/h12-14,21,38H,15-20,33-35H2,1-11H3,(H,36,39)(H,37,40). The zero-order valence-electron chi connectivity index (χ0n) is 29.1. The van der Waals surface area contributed by atoms with Crippen LogP contribution in [0.25, 0.3) is 0 Å². The molecule has 1 unspecified atom stereocenters. The minimum atomic E-state index is -0.774. The Hall–Kier alpha value is -2.10. The molecule has 0 radical (unpaired) electrons. The van der Waals surface area contributed by atoms with E-state index >= 15 is 0 Å². The third-order valence-electron chi connectivity index (χ3n) is 6.80. The second kappa shape index (κ2) is 16.6. The quantitative estimate of drug-likeness (QED) is 0.120. The molecule has 9 N–H and O–H groups in total. The summed E-state index contributed by atoms with van der Waals surface area (Å²) in [4.78, 5) is 40.3. The van der Waals surface area contributed by atoms with Crippen molar-refractivity contribution in [3.63, 3.8) is 0 Å². The fourth-order valence-electron chi connectivity index (χ4n) is 3.36. The predicted octanol–water partition coefficient (Wildman–Crippen LogP) is 2.73. The Morgan fingerprint density at radius 2 is 1.02 bits per heavy atom. The monoisotopic (exact) mass is 654 g/mol. The van der Waals surface area contributed by atoms with Gasteiger partial charge in [0.1, 0.15) is 0 Å². The van der Waals surface area contributed by atoms with Crippen LogP contribution in [0.4, 0.5) is 0 Å². The molecule has 0 aromatic heterocycles. The molecule has 0 saturated heterocycles. The first kappa shape index (κ1) is 40.9. The summed E-state index contributed by atoms with van der Waals surface area (Å²) in [6.07, 6.45) is 0. The largest absolute Gasteiger partial charge is 0.373 e. The third-order valence-corrected chi connectivity index (χ3v) is 7.74. The van der Waals surface area contributed by atoms with E-state index in [2.05, 4.69) is 15.4 Å². The van der Waals surface area contributed by atoms with Crippen LogP contribution in [0.1, 0.15) is 107 Å². The number of ether oxygens (including phenoxy) is 3. The van der Waals surface area contributed by atoms with E-state index in [1.807, 2.05) is 76.2 Å². The molecule has 1 aromatic carbocycles. The molecule has 0 aliphatic carbocycles. The van der Waals surface area contributed by atoms with Gasteiger partial charge in [-0.3, -0.25) is 19.1 Å². The van der Waals surface area contributed by atoms with Crippen LogP contribution >= 0.6 is 11.9 Å². The van der Waals surface area contributed by atoms with Crippen molar-refractivity contribution in [2.24, 2.45) is 17.2 Å². The maximum atomic E-state index is 13.5. The molecule has 0 aliphatic rings. The molecule has 45 heavy (non-hydrogen) atoms. The summed E-state index contributed by atoms with van der Waals surface area (Å²) < 4.78 is 20.7. The maximum absolute atomic E-state index is 13.5. The van der Waals surface area contributed by atoms with Gasteiger partial charge in [0.05, 0.1) is 47.7 Å². The summed E-state index contributed by atoms with van der Waals surface area (Å²) in [5.74, 6) is -0.928. The highest BCUT2D eigenvalue weighted by Gasteiger charge is 2.29. The van der Waals surface area contributed by atoms with Crippen molar-refractivity contribution >= 4 is 28.9 Å². The number of nitrogens with two attached hydrogens (primary N) is 3. The molecule has 0 saturated carbocycles. The van der Waals surface area contributed by atoms with Crippen molar-refractivity contribution in [1.82, 2.24) is 15.4 Å². The first-order valence-electron chi connectivity index (χ1n) is 15.2. The Labute approximate surface area is 274 Å². The zero-order valence-corrected chi connectivity index (χ0v) is 30.0. The van der Waals surface area contributed by atoms with Gasteiger partial charge >= 0.3 is 0 Å². The number of benzene rings is 1. The third kappa shape index (κ3) is 15.4. The molecule has 0 bridgehead atoms. The van der Waals surface area contributed by atoms with Crippen molar-refractivity contribution in [3.05, 3.63) is 34.9 Å². The smallest absolute Gasteiger partial charge is 0.251 e. The molecule has 13 heteroatoms. The van der Waals surface area contributed by atoms with Crippen molar-refractivity contribution in [3.8, 4) is 0 Å². The fraction of sp³-hybridized carbons (Fsp3) is 0.719. The number of carbonyl (C=O) groups excluding carboxylic acids is 3. The Morgan fingerprint density at radius 1 is 0.667 bits per heavy atom. The fourth-order valence-corrected chi connectivity index (χ4v) is 3.98. The van der Waals surface area contributed by atoms with Crippen LogP contribution in [-0.4, -0.2) is 90.3 Å². The minimum Gasteiger partial charge on any atom is -0.373 e. The van der Waals surface area contributed by atoms with Gasteiger partial charge in [-0.05, 0) is 106 Å². The number of amides is 2. The second-order valence-corrected chi connectivity index (χ2v) is 15.5. The van der Waals surface area contributed by atoms with Gasteiger partial charge in [-0.15, -0.1) is 0 Å². The predicted molar refractivity (Wildman–Crippen MR) is 181 cm³/mol. The van der Waals surface area contributed by atoms with Crippen LogP contribution in [0.2, 0.25) is 0 Å². The maximum Gasteiger partial charge on any atom is 0.251 e. The van der Waals surface area contributed by atoms with E-state index in [4.69, 9.17) is 31.4 Å². The summed E-state index contributed by atoms with van der Waals surface area (Å²) in [7, 11) is 0. The highest BCUT2D eigenvalue weighted by atomic mass is 32.2. The summed E-state index contributed by atoms with van der Waals surface area (Å²) in [6, 6.07) is 4.23. The van der Waals surface area contributed by atoms with E-state index in [9.17, 15) is 14.4 Å². The van der Waals surface area contributed by atoms with Crippen molar-refractivity contribution in [2.75, 3.05) is 39.5 Å². The molecule has 1 atom stereocenters. The lowest BCUT2D eigenvalue weighted by atomic mass is 10.0. The van der Waals surface area contributed by atoms with Gasteiger partial charge in [0.15, 0.2) is 0 Å². The molecule has 0 spiro atoms. The van der Waals surface area contributed by atoms with Crippen LogP contribution in [-0.2, 0) is 14.2 Å².